The topological polar surface area (TPSA) is 156 Å². The molecule has 5 atom stereocenters. The average Bonchev–Trinajstić information content (AvgIpc) is 3.67. The molecule has 0 bridgehead atoms. The standard InChI is InChI=1S/C27H38N7O6P/c1-17(2)38-26(35)19(4)32-41(36,40-20-10-6-5-7-11-20)37-15-21-14-18(3)25(39-21)34-16-29-22-23(33-12-8-9-13-33)30-27(28)31-24(22)34/h5-7,10-11,16-19,21,25H,8-9,12-15H2,1-4H3,(H,32,36)(H2,28,30,31)/t18-,19-,21-,25+,41?/m0/s1. The van der Waals surface area contributed by atoms with Crippen molar-refractivity contribution in [2.24, 2.45) is 5.92 Å². The van der Waals surface area contributed by atoms with Gasteiger partial charge < -0.3 is 24.6 Å². The van der Waals surface area contributed by atoms with Crippen molar-refractivity contribution in [2.75, 3.05) is 30.3 Å². The summed E-state index contributed by atoms with van der Waals surface area (Å²) >= 11 is 0. The number of nitrogen functional groups attached to an aromatic ring is 1. The molecule has 0 saturated carbocycles. The van der Waals surface area contributed by atoms with Crippen molar-refractivity contribution in [3.63, 3.8) is 0 Å². The van der Waals surface area contributed by atoms with E-state index in [1.165, 1.54) is 0 Å². The van der Waals surface area contributed by atoms with Crippen LogP contribution in [0.15, 0.2) is 36.7 Å². The molecule has 0 amide bonds. The summed E-state index contributed by atoms with van der Waals surface area (Å²) < 4.78 is 38.9. The molecule has 5 rings (SSSR count). The first-order valence-electron chi connectivity index (χ1n) is 14.0. The van der Waals surface area contributed by atoms with Gasteiger partial charge in [0.15, 0.2) is 17.0 Å². The van der Waals surface area contributed by atoms with Gasteiger partial charge in [0.05, 0.1) is 25.1 Å². The lowest BCUT2D eigenvalue weighted by atomic mass is 10.1. The van der Waals surface area contributed by atoms with Crippen molar-refractivity contribution < 1.29 is 27.9 Å². The second-order valence-electron chi connectivity index (χ2n) is 10.8. The van der Waals surface area contributed by atoms with Crippen molar-refractivity contribution in [3.8, 4) is 5.75 Å². The molecule has 1 aromatic carbocycles. The Morgan fingerprint density at radius 1 is 1.20 bits per heavy atom. The van der Waals surface area contributed by atoms with Crippen LogP contribution in [0.4, 0.5) is 11.8 Å². The summed E-state index contributed by atoms with van der Waals surface area (Å²) in [6.45, 7) is 8.87. The van der Waals surface area contributed by atoms with Gasteiger partial charge in [0, 0.05) is 19.0 Å². The first kappa shape index (κ1) is 29.2. The highest BCUT2D eigenvalue weighted by atomic mass is 31.2. The first-order chi connectivity index (χ1) is 19.6. The number of carbonyl (C=O) groups excluding carboxylic acids is 1. The number of anilines is 2. The number of para-hydroxylation sites is 1. The summed E-state index contributed by atoms with van der Waals surface area (Å²) in [6, 6.07) is 7.71. The number of imidazole rings is 1. The van der Waals surface area contributed by atoms with Gasteiger partial charge in [0.1, 0.15) is 18.0 Å². The molecule has 2 saturated heterocycles. The van der Waals surface area contributed by atoms with Crippen LogP contribution in [0.25, 0.3) is 11.2 Å². The molecule has 3 aromatic rings. The molecule has 2 aliphatic rings. The van der Waals surface area contributed by atoms with Gasteiger partial charge >= 0.3 is 13.7 Å². The van der Waals surface area contributed by atoms with Crippen LogP contribution in [0.3, 0.4) is 0 Å². The molecule has 13 nitrogen and oxygen atoms in total. The molecule has 41 heavy (non-hydrogen) atoms. The van der Waals surface area contributed by atoms with Gasteiger partial charge in [0.25, 0.3) is 0 Å². The number of hydrogen-bond donors (Lipinski definition) is 2. The predicted octanol–water partition coefficient (Wildman–Crippen LogP) is 4.07. The smallest absolute Gasteiger partial charge is 0.459 e. The minimum Gasteiger partial charge on any atom is -0.462 e. The fraction of sp³-hybridized carbons (Fsp3) is 0.556. The molecule has 222 valence electrons. The van der Waals surface area contributed by atoms with Crippen LogP contribution in [-0.4, -0.2) is 63.4 Å². The van der Waals surface area contributed by atoms with Crippen molar-refractivity contribution in [1.82, 2.24) is 24.6 Å². The van der Waals surface area contributed by atoms with Crippen LogP contribution in [0, 0.1) is 5.92 Å². The van der Waals surface area contributed by atoms with Gasteiger partial charge in [0.2, 0.25) is 5.95 Å². The third-order valence-corrected chi connectivity index (χ3v) is 8.65. The first-order valence-corrected chi connectivity index (χ1v) is 15.5. The summed E-state index contributed by atoms with van der Waals surface area (Å²) in [6.07, 6.45) is 3.41. The number of aromatic nitrogens is 4. The molecular weight excluding hydrogens is 549 g/mol. The minimum atomic E-state index is -4.00. The number of carbonyl (C=O) groups is 1. The van der Waals surface area contributed by atoms with E-state index < -0.39 is 32.1 Å². The largest absolute Gasteiger partial charge is 0.462 e. The number of hydrogen-bond acceptors (Lipinski definition) is 11. The molecule has 0 aliphatic carbocycles. The number of benzene rings is 1. The molecule has 4 heterocycles. The lowest BCUT2D eigenvalue weighted by Crippen LogP contribution is -2.36. The van der Waals surface area contributed by atoms with Gasteiger partial charge in [-0.05, 0) is 52.2 Å². The minimum absolute atomic E-state index is 0.0350. The van der Waals surface area contributed by atoms with Crippen molar-refractivity contribution in [3.05, 3.63) is 36.7 Å². The Morgan fingerprint density at radius 2 is 1.93 bits per heavy atom. The van der Waals surface area contributed by atoms with E-state index in [1.54, 1.807) is 51.4 Å². The zero-order valence-electron chi connectivity index (χ0n) is 23.8. The molecule has 2 fully saturated rings. The molecule has 0 radical (unpaired) electrons. The number of rotatable bonds is 11. The second-order valence-corrected chi connectivity index (χ2v) is 12.5. The Morgan fingerprint density at radius 3 is 2.63 bits per heavy atom. The van der Waals surface area contributed by atoms with E-state index in [9.17, 15) is 9.36 Å². The molecule has 2 aromatic heterocycles. The lowest BCUT2D eigenvalue weighted by molar-refractivity contribution is -0.149. The molecule has 0 spiro atoms. The van der Waals surface area contributed by atoms with E-state index >= 15 is 0 Å². The number of nitrogens with one attached hydrogen (secondary N) is 1. The Bertz CT molecular complexity index is 1400. The van der Waals surface area contributed by atoms with Crippen LogP contribution in [-0.2, 0) is 23.4 Å². The summed E-state index contributed by atoms with van der Waals surface area (Å²) in [7, 11) is -4.00. The van der Waals surface area contributed by atoms with Crippen LogP contribution >= 0.6 is 7.75 Å². The number of nitrogens with zero attached hydrogens (tertiary/aromatic N) is 5. The number of ether oxygens (including phenoxy) is 2. The maximum Gasteiger partial charge on any atom is 0.459 e. The molecule has 1 unspecified atom stereocenters. The zero-order chi connectivity index (χ0) is 29.1. The zero-order valence-corrected chi connectivity index (χ0v) is 24.7. The third-order valence-electron chi connectivity index (χ3n) is 7.01. The Hall–Kier alpha value is -3.25. The van der Waals surface area contributed by atoms with Crippen molar-refractivity contribution in [1.29, 1.82) is 0 Å². The van der Waals surface area contributed by atoms with Crippen molar-refractivity contribution >= 4 is 36.6 Å². The highest BCUT2D eigenvalue weighted by Gasteiger charge is 2.39. The quantitative estimate of drug-likeness (QED) is 0.245. The predicted molar refractivity (Wildman–Crippen MR) is 153 cm³/mol. The van der Waals surface area contributed by atoms with E-state index in [4.69, 9.17) is 24.3 Å². The molecule has 3 N–H and O–H groups in total. The van der Waals surface area contributed by atoms with E-state index in [1.807, 2.05) is 10.6 Å². The van der Waals surface area contributed by atoms with Crippen LogP contribution in [0.1, 0.15) is 53.2 Å². The average molecular weight is 588 g/mol. The van der Waals surface area contributed by atoms with Crippen LogP contribution < -0.4 is 20.2 Å². The number of fused-ring (bicyclic) bond motifs is 1. The summed E-state index contributed by atoms with van der Waals surface area (Å²) in [5, 5.41) is 2.71. The third kappa shape index (κ3) is 6.81. The maximum atomic E-state index is 13.8. The highest BCUT2D eigenvalue weighted by molar-refractivity contribution is 7.52. The normalized spacial score (nSPS) is 23.1. The monoisotopic (exact) mass is 587 g/mol. The van der Waals surface area contributed by atoms with Gasteiger partial charge in [-0.1, -0.05) is 25.1 Å². The van der Waals surface area contributed by atoms with E-state index in [0.717, 1.165) is 31.7 Å². The van der Waals surface area contributed by atoms with Crippen molar-refractivity contribution in [2.45, 2.75) is 71.4 Å². The van der Waals surface area contributed by atoms with E-state index in [-0.39, 0.29) is 24.6 Å². The Balaban J connectivity index is 1.30. The van der Waals surface area contributed by atoms with Gasteiger partial charge in [-0.3, -0.25) is 13.9 Å². The lowest BCUT2D eigenvalue weighted by Gasteiger charge is -2.24. The maximum absolute atomic E-state index is 13.8. The molecule has 14 heteroatoms. The summed E-state index contributed by atoms with van der Waals surface area (Å²) in [4.78, 5) is 28.2. The summed E-state index contributed by atoms with van der Waals surface area (Å²) in [5.74, 6) is 0.760. The van der Waals surface area contributed by atoms with E-state index in [0.29, 0.717) is 23.3 Å². The Kier molecular flexibility index (Phi) is 8.79. The Labute approximate surface area is 239 Å². The molecular formula is C27H38N7O6P. The molecule has 2 aliphatic heterocycles. The van der Waals surface area contributed by atoms with Gasteiger partial charge in [-0.2, -0.15) is 15.1 Å². The fourth-order valence-corrected chi connectivity index (χ4v) is 6.66. The SMILES string of the molecule is CC(C)OC(=O)[C@H](C)NP(=O)(OC[C@@H]1C[C@H](C)[C@H](n2cnc3c(N4CCCC4)nc(N)nc32)O1)Oc1ccccc1. The second kappa shape index (κ2) is 12.3. The van der Waals surface area contributed by atoms with Gasteiger partial charge in [-0.25, -0.2) is 9.55 Å². The van der Waals surface area contributed by atoms with E-state index in [2.05, 4.69) is 31.9 Å². The van der Waals surface area contributed by atoms with Crippen LogP contribution in [0.5, 0.6) is 5.75 Å². The van der Waals surface area contributed by atoms with Gasteiger partial charge in [-0.15, -0.1) is 0 Å². The summed E-state index contributed by atoms with van der Waals surface area (Å²) in [5.41, 5.74) is 7.38. The highest BCUT2D eigenvalue weighted by Crippen LogP contribution is 2.46. The number of esters is 1. The fourth-order valence-electron chi connectivity index (χ4n) is 5.13. The number of nitrogens with two attached hydrogens (primary N) is 1. The van der Waals surface area contributed by atoms with Crippen LogP contribution in [0.2, 0.25) is 0 Å².